The van der Waals surface area contributed by atoms with E-state index in [9.17, 15) is 4.79 Å². The number of rotatable bonds is 2. The van der Waals surface area contributed by atoms with E-state index in [0.717, 1.165) is 12.8 Å². The molecular weight excluding hydrogens is 312 g/mol. The van der Waals surface area contributed by atoms with Crippen molar-refractivity contribution in [1.82, 2.24) is 0 Å². The summed E-state index contributed by atoms with van der Waals surface area (Å²) >= 11 is 0. The van der Waals surface area contributed by atoms with Crippen LogP contribution in [-0.4, -0.2) is 21.9 Å². The first-order valence-electron chi connectivity index (χ1n) is 9.16. The summed E-state index contributed by atoms with van der Waals surface area (Å²) in [6, 6.07) is 0. The monoisotopic (exact) mass is 348 g/mol. The van der Waals surface area contributed by atoms with Gasteiger partial charge in [0, 0.05) is 0 Å². The van der Waals surface area contributed by atoms with E-state index in [1.165, 1.54) is 28.0 Å². The van der Waals surface area contributed by atoms with Crippen LogP contribution in [0.2, 0.25) is 36.3 Å². The molecule has 2 rings (SSSR count). The van der Waals surface area contributed by atoms with Gasteiger partial charge < -0.3 is 0 Å². The van der Waals surface area contributed by atoms with Gasteiger partial charge in [0.15, 0.2) is 5.78 Å². The van der Waals surface area contributed by atoms with Gasteiger partial charge in [-0.25, -0.2) is 0 Å². The minimum Gasteiger partial charge on any atom is -0.290 e. The molecule has 0 heterocycles. The van der Waals surface area contributed by atoms with Crippen molar-refractivity contribution in [2.24, 2.45) is 0 Å². The minimum atomic E-state index is -1.79. The SMILES string of the molecule is CC(C)(C)[Si](C)(C)C1=C2CCCC2=C([Si](C)(C)C(C)(C)C)C1=O. The molecule has 1 fully saturated rings. The van der Waals surface area contributed by atoms with E-state index in [2.05, 4.69) is 67.7 Å². The molecule has 130 valence electrons. The van der Waals surface area contributed by atoms with Gasteiger partial charge in [0.1, 0.15) is 0 Å². The molecule has 0 N–H and O–H groups in total. The predicted octanol–water partition coefficient (Wildman–Crippen LogP) is 6.44. The van der Waals surface area contributed by atoms with Gasteiger partial charge in [-0.15, -0.1) is 0 Å². The topological polar surface area (TPSA) is 17.1 Å². The molecule has 0 saturated heterocycles. The summed E-state index contributed by atoms with van der Waals surface area (Å²) in [7, 11) is -3.58. The number of hydrogen-bond acceptors (Lipinski definition) is 1. The van der Waals surface area contributed by atoms with E-state index < -0.39 is 16.1 Å². The number of ketones is 1. The largest absolute Gasteiger partial charge is 0.290 e. The summed E-state index contributed by atoms with van der Waals surface area (Å²) in [5, 5.41) is 3.03. The summed E-state index contributed by atoms with van der Waals surface area (Å²) < 4.78 is 0. The Hall–Kier alpha value is -0.416. The normalized spacial score (nSPS) is 20.7. The van der Waals surface area contributed by atoms with Crippen molar-refractivity contribution in [3.63, 3.8) is 0 Å². The molecule has 0 aromatic rings. The van der Waals surface area contributed by atoms with Crippen molar-refractivity contribution < 1.29 is 4.79 Å². The van der Waals surface area contributed by atoms with Crippen molar-refractivity contribution in [2.75, 3.05) is 0 Å². The predicted molar refractivity (Wildman–Crippen MR) is 107 cm³/mol. The van der Waals surface area contributed by atoms with E-state index in [-0.39, 0.29) is 10.1 Å². The van der Waals surface area contributed by atoms with Crippen LogP contribution >= 0.6 is 0 Å². The van der Waals surface area contributed by atoms with Gasteiger partial charge in [0.25, 0.3) is 0 Å². The Balaban J connectivity index is 2.64. The Morgan fingerprint density at radius 2 is 1.00 bits per heavy atom. The van der Waals surface area contributed by atoms with E-state index in [1.54, 1.807) is 0 Å². The highest BCUT2D eigenvalue weighted by Gasteiger charge is 2.53. The lowest BCUT2D eigenvalue weighted by Crippen LogP contribution is -2.47. The molecule has 0 aromatic heterocycles. The minimum absolute atomic E-state index is 0.224. The molecule has 0 bridgehead atoms. The van der Waals surface area contributed by atoms with Crippen LogP contribution < -0.4 is 0 Å². The van der Waals surface area contributed by atoms with E-state index in [4.69, 9.17) is 0 Å². The molecule has 0 spiro atoms. The quantitative estimate of drug-likeness (QED) is 0.525. The molecule has 2 aliphatic rings. The smallest absolute Gasteiger partial charge is 0.177 e. The van der Waals surface area contributed by atoms with Crippen molar-refractivity contribution >= 4 is 21.9 Å². The Bertz CT molecular complexity index is 553. The van der Waals surface area contributed by atoms with Gasteiger partial charge in [-0.05, 0) is 50.9 Å². The van der Waals surface area contributed by atoms with Crippen molar-refractivity contribution in [1.29, 1.82) is 0 Å². The second-order valence-corrected chi connectivity index (χ2v) is 21.1. The maximum absolute atomic E-state index is 13.7. The van der Waals surface area contributed by atoms with Crippen molar-refractivity contribution in [2.45, 2.75) is 97.1 Å². The summed E-state index contributed by atoms with van der Waals surface area (Å²) in [6.45, 7) is 23.7. The number of carbonyl (C=O) groups is 1. The van der Waals surface area contributed by atoms with Crippen LogP contribution in [0.4, 0.5) is 0 Å². The maximum atomic E-state index is 13.7. The first kappa shape index (κ1) is 18.9. The lowest BCUT2D eigenvalue weighted by atomic mass is 10.2. The molecule has 3 heteroatoms. The highest BCUT2D eigenvalue weighted by Crippen LogP contribution is 2.54. The maximum Gasteiger partial charge on any atom is 0.177 e. The highest BCUT2D eigenvalue weighted by atomic mass is 28.3. The van der Waals surface area contributed by atoms with Crippen LogP contribution in [0, 0.1) is 0 Å². The zero-order chi connectivity index (χ0) is 18.0. The fourth-order valence-corrected chi connectivity index (χ4v) is 8.84. The lowest BCUT2D eigenvalue weighted by molar-refractivity contribution is -0.111. The number of allylic oxidation sites excluding steroid dienone is 4. The summed E-state index contributed by atoms with van der Waals surface area (Å²) in [6.07, 6.45) is 3.52. The molecule has 0 aromatic carbocycles. The second-order valence-electron chi connectivity index (χ2n) is 10.6. The van der Waals surface area contributed by atoms with Crippen LogP contribution in [-0.2, 0) is 4.79 Å². The molecule has 0 radical (unpaired) electrons. The Morgan fingerprint density at radius 1 is 0.696 bits per heavy atom. The van der Waals surface area contributed by atoms with Gasteiger partial charge in [-0.2, -0.15) is 0 Å². The van der Waals surface area contributed by atoms with E-state index >= 15 is 0 Å². The fourth-order valence-electron chi connectivity index (χ4n) is 3.77. The average molecular weight is 349 g/mol. The highest BCUT2D eigenvalue weighted by molar-refractivity contribution is 6.97. The third-order valence-corrected chi connectivity index (χ3v) is 18.3. The molecule has 2 aliphatic carbocycles. The second kappa shape index (κ2) is 5.29. The van der Waals surface area contributed by atoms with Crippen LogP contribution in [0.25, 0.3) is 0 Å². The number of Topliss-reactive ketones (excluding diaryl/α,β-unsaturated/α-hetero) is 1. The molecule has 0 atom stereocenters. The first-order chi connectivity index (χ1) is 10.1. The zero-order valence-corrected chi connectivity index (χ0v) is 19.0. The molecular formula is C20H36OSi2. The summed E-state index contributed by atoms with van der Waals surface area (Å²) in [5.41, 5.74) is 2.97. The third-order valence-electron chi connectivity index (χ3n) is 7.28. The Morgan fingerprint density at radius 3 is 1.26 bits per heavy atom. The molecule has 0 amide bonds. The van der Waals surface area contributed by atoms with E-state index in [1.807, 2.05) is 0 Å². The first-order valence-corrected chi connectivity index (χ1v) is 15.2. The lowest BCUT2D eigenvalue weighted by Gasteiger charge is -2.41. The fraction of sp³-hybridized carbons (Fsp3) is 0.750. The molecule has 23 heavy (non-hydrogen) atoms. The number of fused-ring (bicyclic) bond motifs is 1. The van der Waals surface area contributed by atoms with Crippen LogP contribution in [0.1, 0.15) is 60.8 Å². The molecule has 1 nitrogen and oxygen atoms in total. The third kappa shape index (κ3) is 2.68. The van der Waals surface area contributed by atoms with E-state index in [0.29, 0.717) is 5.78 Å². The van der Waals surface area contributed by atoms with Crippen LogP contribution in [0.15, 0.2) is 21.5 Å². The standard InChI is InChI=1S/C20H36OSi2/c1-19(2,3)22(7,8)17-14-12-11-13-15(14)18(16(17)21)23(9,10)20(4,5)6/h11-13H2,1-10H3. The van der Waals surface area contributed by atoms with Gasteiger partial charge in [-0.3, -0.25) is 4.79 Å². The molecule has 0 aliphatic heterocycles. The zero-order valence-electron chi connectivity index (χ0n) is 17.0. The van der Waals surface area contributed by atoms with Crippen LogP contribution in [0.3, 0.4) is 0 Å². The Labute approximate surface area is 145 Å². The summed E-state index contributed by atoms with van der Waals surface area (Å²) in [5.74, 6) is 0.466. The molecule has 1 saturated carbocycles. The van der Waals surface area contributed by atoms with Crippen LogP contribution in [0.5, 0.6) is 0 Å². The van der Waals surface area contributed by atoms with Gasteiger partial charge in [-0.1, -0.05) is 67.7 Å². The van der Waals surface area contributed by atoms with Gasteiger partial charge in [0.05, 0.1) is 16.1 Å². The van der Waals surface area contributed by atoms with Gasteiger partial charge in [0.2, 0.25) is 0 Å². The Kier molecular flexibility index (Phi) is 4.35. The van der Waals surface area contributed by atoms with Gasteiger partial charge >= 0.3 is 0 Å². The summed E-state index contributed by atoms with van der Waals surface area (Å²) in [4.78, 5) is 13.7. The average Bonchev–Trinajstić information content (AvgIpc) is 2.83. The molecule has 0 unspecified atom stereocenters. The number of hydrogen-bond donors (Lipinski definition) is 0. The number of carbonyl (C=O) groups excluding carboxylic acids is 1. The van der Waals surface area contributed by atoms with Crippen molar-refractivity contribution in [3.05, 3.63) is 21.5 Å². The van der Waals surface area contributed by atoms with Crippen molar-refractivity contribution in [3.8, 4) is 0 Å².